The van der Waals surface area contributed by atoms with Crippen LogP contribution in [-0.2, 0) is 9.53 Å². The minimum Gasteiger partial charge on any atom is -0.456 e. The number of carbonyl (C=O) groups excluding carboxylic acids is 2. The van der Waals surface area contributed by atoms with Crippen molar-refractivity contribution in [2.75, 3.05) is 0 Å². The fraction of sp³-hybridized carbons (Fsp3) is 0.333. The highest BCUT2D eigenvalue weighted by Gasteiger charge is 2.17. The average Bonchev–Trinajstić information content (AvgIpc) is 2.28. The third-order valence-electron chi connectivity index (χ3n) is 1.94. The molecule has 3 heteroatoms. The molecule has 0 radical (unpaired) electrons. The van der Waals surface area contributed by atoms with Gasteiger partial charge in [-0.15, -0.1) is 0 Å². The molecule has 0 aromatic heterocycles. The molecule has 0 amide bonds. The smallest absolute Gasteiger partial charge is 0.338 e. The zero-order valence-electron chi connectivity index (χ0n) is 10.8. The first-order chi connectivity index (χ1) is 8.42. The van der Waals surface area contributed by atoms with Crippen molar-refractivity contribution < 1.29 is 14.3 Å². The second-order valence-electron chi connectivity index (χ2n) is 4.75. The summed E-state index contributed by atoms with van der Waals surface area (Å²) in [6, 6.07) is 6.80. The summed E-state index contributed by atoms with van der Waals surface area (Å²) in [7, 11) is 0. The van der Waals surface area contributed by atoms with Crippen molar-refractivity contribution in [3.05, 3.63) is 35.4 Å². The van der Waals surface area contributed by atoms with E-state index in [1.165, 1.54) is 0 Å². The van der Waals surface area contributed by atoms with Gasteiger partial charge in [0, 0.05) is 5.56 Å². The van der Waals surface area contributed by atoms with Crippen LogP contribution in [0.5, 0.6) is 0 Å². The lowest BCUT2D eigenvalue weighted by molar-refractivity contribution is -0.107. The molecule has 3 nitrogen and oxygen atoms in total. The predicted molar refractivity (Wildman–Crippen MR) is 69.2 cm³/mol. The van der Waals surface area contributed by atoms with E-state index in [-0.39, 0.29) is 12.4 Å². The van der Waals surface area contributed by atoms with Gasteiger partial charge < -0.3 is 9.53 Å². The number of hydrogen-bond acceptors (Lipinski definition) is 3. The quantitative estimate of drug-likeness (QED) is 0.456. The SMILES string of the molecule is CC(C)(C)OC(=O)c1ccc(C#CCC=O)cc1. The van der Waals surface area contributed by atoms with E-state index in [4.69, 9.17) is 4.74 Å². The summed E-state index contributed by atoms with van der Waals surface area (Å²) in [6.07, 6.45) is 0.968. The van der Waals surface area contributed by atoms with Crippen LogP contribution in [0.15, 0.2) is 24.3 Å². The molecule has 1 aromatic carbocycles. The molecule has 0 aliphatic rings. The molecule has 1 rings (SSSR count). The Morgan fingerprint density at radius 2 is 1.89 bits per heavy atom. The maximum absolute atomic E-state index is 11.7. The Balaban J connectivity index is 2.75. The molecule has 0 atom stereocenters. The van der Waals surface area contributed by atoms with Crippen LogP contribution in [0.25, 0.3) is 0 Å². The Labute approximate surface area is 107 Å². The third-order valence-corrected chi connectivity index (χ3v) is 1.94. The first-order valence-electron chi connectivity index (χ1n) is 5.68. The monoisotopic (exact) mass is 244 g/mol. The van der Waals surface area contributed by atoms with Gasteiger partial charge in [-0.3, -0.25) is 0 Å². The van der Waals surface area contributed by atoms with Crippen LogP contribution in [0.4, 0.5) is 0 Å². The Kier molecular flexibility index (Phi) is 4.67. The first-order valence-corrected chi connectivity index (χ1v) is 5.68. The first kappa shape index (κ1) is 14.0. The molecule has 0 aliphatic carbocycles. The summed E-state index contributed by atoms with van der Waals surface area (Å²) in [6.45, 7) is 5.47. The Hall–Kier alpha value is -2.08. The lowest BCUT2D eigenvalue weighted by Gasteiger charge is -2.19. The molecule has 0 heterocycles. The third kappa shape index (κ3) is 4.84. The largest absolute Gasteiger partial charge is 0.456 e. The summed E-state index contributed by atoms with van der Waals surface area (Å²) in [5, 5.41) is 0. The van der Waals surface area contributed by atoms with E-state index >= 15 is 0 Å². The van der Waals surface area contributed by atoms with Gasteiger partial charge in [0.25, 0.3) is 0 Å². The van der Waals surface area contributed by atoms with Gasteiger partial charge in [0.2, 0.25) is 0 Å². The molecule has 0 bridgehead atoms. The maximum atomic E-state index is 11.7. The standard InChI is InChI=1S/C15H16O3/c1-15(2,3)18-14(17)13-9-7-12(8-10-13)6-4-5-11-16/h7-11H,5H2,1-3H3. The lowest BCUT2D eigenvalue weighted by atomic mass is 10.1. The summed E-state index contributed by atoms with van der Waals surface area (Å²) < 4.78 is 5.24. The Morgan fingerprint density at radius 1 is 1.28 bits per heavy atom. The number of carbonyl (C=O) groups is 2. The number of ether oxygens (including phenoxy) is 1. The van der Waals surface area contributed by atoms with Gasteiger partial charge in [0.15, 0.2) is 0 Å². The molecule has 0 spiro atoms. The van der Waals surface area contributed by atoms with Gasteiger partial charge in [-0.2, -0.15) is 0 Å². The molecule has 0 fully saturated rings. The Morgan fingerprint density at radius 3 is 2.39 bits per heavy atom. The van der Waals surface area contributed by atoms with E-state index in [1.807, 2.05) is 20.8 Å². The van der Waals surface area contributed by atoms with Crippen LogP contribution in [0.2, 0.25) is 0 Å². The van der Waals surface area contributed by atoms with Gasteiger partial charge in [0.05, 0.1) is 12.0 Å². The Bertz CT molecular complexity index is 481. The van der Waals surface area contributed by atoms with Crippen molar-refractivity contribution in [1.82, 2.24) is 0 Å². The van der Waals surface area contributed by atoms with Gasteiger partial charge in [0.1, 0.15) is 11.9 Å². The number of rotatable bonds is 2. The van der Waals surface area contributed by atoms with Crippen molar-refractivity contribution in [1.29, 1.82) is 0 Å². The van der Waals surface area contributed by atoms with E-state index in [2.05, 4.69) is 11.8 Å². The van der Waals surface area contributed by atoms with Crippen molar-refractivity contribution in [2.45, 2.75) is 32.8 Å². The molecule has 0 unspecified atom stereocenters. The van der Waals surface area contributed by atoms with Gasteiger partial charge in [-0.25, -0.2) is 4.79 Å². The summed E-state index contributed by atoms with van der Waals surface area (Å²) in [5.41, 5.74) is 0.759. The fourth-order valence-corrected chi connectivity index (χ4v) is 1.22. The second-order valence-corrected chi connectivity index (χ2v) is 4.75. The van der Waals surface area contributed by atoms with Gasteiger partial charge in [-0.1, -0.05) is 11.8 Å². The molecule has 94 valence electrons. The second kappa shape index (κ2) is 6.02. The number of esters is 1. The number of aldehydes is 1. The highest BCUT2D eigenvalue weighted by molar-refractivity contribution is 5.89. The molecular formula is C15H16O3. The van der Waals surface area contributed by atoms with Crippen LogP contribution in [0, 0.1) is 11.8 Å². The van der Waals surface area contributed by atoms with Crippen molar-refractivity contribution in [3.63, 3.8) is 0 Å². The number of hydrogen-bond donors (Lipinski definition) is 0. The molecule has 0 N–H and O–H groups in total. The van der Waals surface area contributed by atoms with E-state index < -0.39 is 5.60 Å². The highest BCUT2D eigenvalue weighted by Crippen LogP contribution is 2.12. The van der Waals surface area contributed by atoms with E-state index in [1.54, 1.807) is 24.3 Å². The molecule has 0 saturated carbocycles. The van der Waals surface area contributed by atoms with Crippen LogP contribution >= 0.6 is 0 Å². The van der Waals surface area contributed by atoms with Gasteiger partial charge in [-0.05, 0) is 45.0 Å². The predicted octanol–water partition coefficient (Wildman–Crippen LogP) is 2.58. The van der Waals surface area contributed by atoms with E-state index in [0.29, 0.717) is 5.56 Å². The van der Waals surface area contributed by atoms with Crippen molar-refractivity contribution >= 4 is 12.3 Å². The summed E-state index contributed by atoms with van der Waals surface area (Å²) in [4.78, 5) is 21.8. The lowest BCUT2D eigenvalue weighted by Crippen LogP contribution is -2.23. The minimum atomic E-state index is -0.500. The topological polar surface area (TPSA) is 43.4 Å². The zero-order valence-corrected chi connectivity index (χ0v) is 10.8. The highest BCUT2D eigenvalue weighted by atomic mass is 16.6. The van der Waals surface area contributed by atoms with Gasteiger partial charge >= 0.3 is 5.97 Å². The zero-order chi connectivity index (χ0) is 13.6. The van der Waals surface area contributed by atoms with E-state index in [0.717, 1.165) is 11.8 Å². The van der Waals surface area contributed by atoms with E-state index in [9.17, 15) is 9.59 Å². The molecular weight excluding hydrogens is 228 g/mol. The summed E-state index contributed by atoms with van der Waals surface area (Å²) in [5.74, 6) is 5.18. The van der Waals surface area contributed by atoms with Crippen molar-refractivity contribution in [2.24, 2.45) is 0 Å². The fourth-order valence-electron chi connectivity index (χ4n) is 1.22. The minimum absolute atomic E-state index is 0.216. The average molecular weight is 244 g/mol. The molecule has 0 aliphatic heterocycles. The number of benzene rings is 1. The molecule has 1 aromatic rings. The maximum Gasteiger partial charge on any atom is 0.338 e. The van der Waals surface area contributed by atoms with Crippen molar-refractivity contribution in [3.8, 4) is 11.8 Å². The van der Waals surface area contributed by atoms with Crippen LogP contribution in [0.1, 0.15) is 43.1 Å². The normalized spacial score (nSPS) is 10.2. The van der Waals surface area contributed by atoms with Crippen LogP contribution in [-0.4, -0.2) is 17.9 Å². The molecule has 18 heavy (non-hydrogen) atoms. The summed E-state index contributed by atoms with van der Waals surface area (Å²) >= 11 is 0. The van der Waals surface area contributed by atoms with Crippen LogP contribution in [0.3, 0.4) is 0 Å². The van der Waals surface area contributed by atoms with Crippen LogP contribution < -0.4 is 0 Å². The molecule has 0 saturated heterocycles.